The first kappa shape index (κ1) is 19.6. The van der Waals surface area contributed by atoms with Crippen molar-refractivity contribution in [1.82, 2.24) is 14.9 Å². The summed E-state index contributed by atoms with van der Waals surface area (Å²) in [6, 6.07) is 9.81. The van der Waals surface area contributed by atoms with E-state index in [1.807, 2.05) is 12.1 Å². The highest BCUT2D eigenvalue weighted by molar-refractivity contribution is 7.13. The maximum absolute atomic E-state index is 8.85. The van der Waals surface area contributed by atoms with Crippen LogP contribution in [0.1, 0.15) is 55.0 Å². The molecule has 1 aliphatic heterocycles. The lowest BCUT2D eigenvalue weighted by molar-refractivity contribution is 0.184. The summed E-state index contributed by atoms with van der Waals surface area (Å²) in [5, 5.41) is 15.2. The largest absolute Gasteiger partial charge is 0.465 e. The number of likely N-dealkylation sites (tertiary alicyclic amines) is 1. The molecule has 0 spiro atoms. The average Bonchev–Trinajstić information content (AvgIpc) is 3.39. The van der Waals surface area contributed by atoms with Gasteiger partial charge in [0.1, 0.15) is 23.3 Å². The van der Waals surface area contributed by atoms with Gasteiger partial charge in [0.15, 0.2) is 5.13 Å². The van der Waals surface area contributed by atoms with E-state index in [0.717, 1.165) is 66.9 Å². The normalized spacial score (nSPS) is 17.2. The minimum atomic E-state index is 0.413. The van der Waals surface area contributed by atoms with E-state index in [1.54, 1.807) is 23.6 Å². The molecule has 1 atom stereocenters. The van der Waals surface area contributed by atoms with Crippen molar-refractivity contribution in [2.24, 2.45) is 0 Å². The Bertz CT molecular complexity index is 972. The van der Waals surface area contributed by atoms with Crippen LogP contribution in [-0.4, -0.2) is 28.0 Å². The van der Waals surface area contributed by atoms with Gasteiger partial charge in [-0.3, -0.25) is 4.90 Å². The molecular weight excluding hydrogens is 382 g/mol. The molecule has 1 saturated heterocycles. The summed E-state index contributed by atoms with van der Waals surface area (Å²) in [6.45, 7) is 5.15. The molecule has 0 saturated carbocycles. The number of nitriles is 1. The van der Waals surface area contributed by atoms with Crippen LogP contribution in [0.15, 0.2) is 40.3 Å². The maximum Gasteiger partial charge on any atom is 0.187 e. The predicted octanol–water partition coefficient (Wildman–Crippen LogP) is 5.08. The molecule has 0 bridgehead atoms. The Balaban J connectivity index is 1.36. The van der Waals surface area contributed by atoms with E-state index in [4.69, 9.17) is 14.7 Å². The Morgan fingerprint density at radius 2 is 2.21 bits per heavy atom. The SMILES string of the molecule is CCCc1ccc(CN2CCC[C@H](c3csc(Nc4ccc(C#N)nc4)n3)C2)o1. The lowest BCUT2D eigenvalue weighted by atomic mass is 9.95. The molecule has 0 aromatic carbocycles. The molecule has 7 heteroatoms. The zero-order chi connectivity index (χ0) is 20.1. The molecule has 3 aromatic heterocycles. The summed E-state index contributed by atoms with van der Waals surface area (Å²) in [5.74, 6) is 2.59. The zero-order valence-electron chi connectivity index (χ0n) is 16.6. The predicted molar refractivity (Wildman–Crippen MR) is 114 cm³/mol. The quantitative estimate of drug-likeness (QED) is 0.588. The highest BCUT2D eigenvalue weighted by Gasteiger charge is 2.24. The first-order valence-corrected chi connectivity index (χ1v) is 11.0. The van der Waals surface area contributed by atoms with Crippen molar-refractivity contribution in [1.29, 1.82) is 5.26 Å². The van der Waals surface area contributed by atoms with E-state index in [-0.39, 0.29) is 0 Å². The Hall–Kier alpha value is -2.69. The first-order chi connectivity index (χ1) is 14.2. The third kappa shape index (κ3) is 5.03. The average molecular weight is 408 g/mol. The molecule has 1 N–H and O–H groups in total. The fraction of sp³-hybridized carbons (Fsp3) is 0.409. The molecular formula is C22H25N5OS. The molecule has 4 heterocycles. The molecule has 0 amide bonds. The standard InChI is InChI=1S/C22H25N5OS/c1-2-4-19-8-9-20(28-19)14-27-10-3-5-16(13-27)21-15-29-22(26-21)25-18-7-6-17(11-23)24-12-18/h6-9,12,15-16H,2-5,10,13-14H2,1H3,(H,25,26)/t16-/m0/s1. The van der Waals surface area contributed by atoms with Gasteiger partial charge in [-0.15, -0.1) is 11.3 Å². The fourth-order valence-corrected chi connectivity index (χ4v) is 4.55. The van der Waals surface area contributed by atoms with Crippen LogP contribution >= 0.6 is 11.3 Å². The van der Waals surface area contributed by atoms with Crippen LogP contribution in [0.3, 0.4) is 0 Å². The van der Waals surface area contributed by atoms with Crippen molar-refractivity contribution in [2.45, 2.75) is 45.1 Å². The van der Waals surface area contributed by atoms with Crippen LogP contribution in [0, 0.1) is 11.3 Å². The fourth-order valence-electron chi connectivity index (χ4n) is 3.74. The van der Waals surface area contributed by atoms with Crippen molar-refractivity contribution >= 4 is 22.2 Å². The van der Waals surface area contributed by atoms with Gasteiger partial charge < -0.3 is 9.73 Å². The van der Waals surface area contributed by atoms with Crippen LogP contribution < -0.4 is 5.32 Å². The number of aromatic nitrogens is 2. The number of piperidine rings is 1. The molecule has 1 fully saturated rings. The van der Waals surface area contributed by atoms with Crippen LogP contribution in [0.4, 0.5) is 10.8 Å². The third-order valence-corrected chi connectivity index (χ3v) is 5.94. The number of hydrogen-bond acceptors (Lipinski definition) is 7. The van der Waals surface area contributed by atoms with Gasteiger partial charge >= 0.3 is 0 Å². The number of nitrogens with zero attached hydrogens (tertiary/aromatic N) is 4. The number of anilines is 2. The van der Waals surface area contributed by atoms with Gasteiger partial charge in [-0.2, -0.15) is 5.26 Å². The highest BCUT2D eigenvalue weighted by atomic mass is 32.1. The molecule has 4 rings (SSSR count). The first-order valence-electron chi connectivity index (χ1n) is 10.1. The van der Waals surface area contributed by atoms with Crippen molar-refractivity contribution in [2.75, 3.05) is 18.4 Å². The van der Waals surface area contributed by atoms with Crippen molar-refractivity contribution in [3.8, 4) is 6.07 Å². The van der Waals surface area contributed by atoms with E-state index in [2.05, 4.69) is 39.6 Å². The highest BCUT2D eigenvalue weighted by Crippen LogP contribution is 2.31. The second-order valence-electron chi connectivity index (χ2n) is 7.44. The van der Waals surface area contributed by atoms with Crippen LogP contribution in [0.2, 0.25) is 0 Å². The Labute approximate surface area is 175 Å². The summed E-state index contributed by atoms with van der Waals surface area (Å²) >= 11 is 1.61. The second-order valence-corrected chi connectivity index (χ2v) is 8.30. The monoisotopic (exact) mass is 407 g/mol. The third-order valence-electron chi connectivity index (χ3n) is 5.17. The molecule has 1 aliphatic rings. The minimum Gasteiger partial charge on any atom is -0.465 e. The number of thiazole rings is 1. The number of pyridine rings is 1. The van der Waals surface area contributed by atoms with Gasteiger partial charge in [-0.25, -0.2) is 9.97 Å². The van der Waals surface area contributed by atoms with Gasteiger partial charge in [0.05, 0.1) is 24.1 Å². The van der Waals surface area contributed by atoms with Crippen molar-refractivity contribution < 1.29 is 4.42 Å². The lowest BCUT2D eigenvalue weighted by Gasteiger charge is -2.31. The molecule has 0 aliphatic carbocycles. The van der Waals surface area contributed by atoms with Gasteiger partial charge in [-0.1, -0.05) is 6.92 Å². The molecule has 6 nitrogen and oxygen atoms in total. The Morgan fingerprint density at radius 3 is 3.00 bits per heavy atom. The molecule has 150 valence electrons. The van der Waals surface area contributed by atoms with Gasteiger partial charge in [0.25, 0.3) is 0 Å². The van der Waals surface area contributed by atoms with Crippen LogP contribution in [0.5, 0.6) is 0 Å². The molecule has 0 radical (unpaired) electrons. The number of furan rings is 1. The molecule has 3 aromatic rings. The number of rotatable bonds is 7. The summed E-state index contributed by atoms with van der Waals surface area (Å²) in [4.78, 5) is 11.4. The van der Waals surface area contributed by atoms with Crippen molar-refractivity contribution in [3.05, 3.63) is 58.8 Å². The number of aryl methyl sites for hydroxylation is 1. The molecule has 0 unspecified atom stereocenters. The van der Waals surface area contributed by atoms with E-state index in [9.17, 15) is 0 Å². The summed E-state index contributed by atoms with van der Waals surface area (Å²) in [7, 11) is 0. The van der Waals surface area contributed by atoms with E-state index >= 15 is 0 Å². The summed E-state index contributed by atoms with van der Waals surface area (Å²) < 4.78 is 5.96. The summed E-state index contributed by atoms with van der Waals surface area (Å²) in [5.41, 5.74) is 2.40. The topological polar surface area (TPSA) is 78.0 Å². The minimum absolute atomic E-state index is 0.413. The maximum atomic E-state index is 8.85. The lowest BCUT2D eigenvalue weighted by Crippen LogP contribution is -2.33. The Kier molecular flexibility index (Phi) is 6.23. The summed E-state index contributed by atoms with van der Waals surface area (Å²) in [6.07, 6.45) is 6.12. The Morgan fingerprint density at radius 1 is 1.31 bits per heavy atom. The zero-order valence-corrected chi connectivity index (χ0v) is 17.4. The number of nitrogens with one attached hydrogen (secondary N) is 1. The van der Waals surface area contributed by atoms with Gasteiger partial charge in [0.2, 0.25) is 0 Å². The van der Waals surface area contributed by atoms with E-state index in [1.165, 1.54) is 6.42 Å². The second kappa shape index (κ2) is 9.21. The van der Waals surface area contributed by atoms with E-state index < -0.39 is 0 Å². The molecule has 29 heavy (non-hydrogen) atoms. The smallest absolute Gasteiger partial charge is 0.187 e. The number of hydrogen-bond donors (Lipinski definition) is 1. The van der Waals surface area contributed by atoms with E-state index in [0.29, 0.717) is 11.6 Å². The van der Waals surface area contributed by atoms with Crippen LogP contribution in [-0.2, 0) is 13.0 Å². The van der Waals surface area contributed by atoms with Gasteiger partial charge in [-0.05, 0) is 50.1 Å². The van der Waals surface area contributed by atoms with Crippen molar-refractivity contribution in [3.63, 3.8) is 0 Å². The van der Waals surface area contributed by atoms with Crippen LogP contribution in [0.25, 0.3) is 0 Å². The van der Waals surface area contributed by atoms with Gasteiger partial charge in [0, 0.05) is 24.3 Å².